The second-order valence-electron chi connectivity index (χ2n) is 5.56. The van der Waals surface area contributed by atoms with Crippen molar-refractivity contribution in [1.82, 2.24) is 10.0 Å². The summed E-state index contributed by atoms with van der Waals surface area (Å²) in [4.78, 5) is 0. The molecule has 2 aromatic rings. The highest BCUT2D eigenvalue weighted by molar-refractivity contribution is 14.0. The monoisotopic (exact) mass is 410 g/mol. The van der Waals surface area contributed by atoms with E-state index >= 15 is 0 Å². The number of hydrogen-bond acceptors (Lipinski definition) is 3. The Bertz CT molecular complexity index is 527. The zero-order valence-corrected chi connectivity index (χ0v) is 15.5. The number of ether oxygens (including phenoxy) is 1. The summed E-state index contributed by atoms with van der Waals surface area (Å²) in [6.07, 6.45) is 0.102. The predicted molar refractivity (Wildman–Crippen MR) is 100 cm³/mol. The Morgan fingerprint density at radius 2 is 1.09 bits per heavy atom. The van der Waals surface area contributed by atoms with E-state index in [0.717, 1.165) is 0 Å². The molecule has 0 bridgehead atoms. The Hall–Kier alpha value is -0.950. The van der Waals surface area contributed by atoms with Crippen molar-refractivity contribution in [2.45, 2.75) is 18.2 Å². The van der Waals surface area contributed by atoms with Crippen LogP contribution < -0.4 is 0 Å². The standard InChI is InChI=1S/C18H22N2O.HI/c1-19-16(14-10-6-4-7-11-14)18(21-3)17(20(19)2)15-12-8-5-9-13-15;/h4-13,16-18H,1-3H3;1H. The molecule has 0 saturated carbocycles. The zero-order chi connectivity index (χ0) is 14.8. The molecule has 118 valence electrons. The van der Waals surface area contributed by atoms with Gasteiger partial charge < -0.3 is 4.74 Å². The first kappa shape index (κ1) is 17.4. The minimum atomic E-state index is 0. The Morgan fingerprint density at radius 1 is 0.727 bits per heavy atom. The summed E-state index contributed by atoms with van der Waals surface area (Å²) in [7, 11) is 6.07. The number of halogens is 1. The van der Waals surface area contributed by atoms with Crippen molar-refractivity contribution in [2.75, 3.05) is 21.2 Å². The van der Waals surface area contributed by atoms with Crippen molar-refractivity contribution in [3.05, 3.63) is 71.8 Å². The van der Waals surface area contributed by atoms with Crippen LogP contribution in [0.5, 0.6) is 0 Å². The average Bonchev–Trinajstić information content (AvgIpc) is 2.80. The zero-order valence-electron chi connectivity index (χ0n) is 13.2. The summed E-state index contributed by atoms with van der Waals surface area (Å²) in [6.45, 7) is 0. The molecule has 0 aromatic heterocycles. The van der Waals surface area contributed by atoms with E-state index in [1.807, 2.05) is 7.11 Å². The van der Waals surface area contributed by atoms with Gasteiger partial charge in [0, 0.05) is 21.2 Å². The molecule has 3 rings (SSSR count). The van der Waals surface area contributed by atoms with Gasteiger partial charge >= 0.3 is 0 Å². The maximum Gasteiger partial charge on any atom is 0.0991 e. The maximum absolute atomic E-state index is 5.90. The van der Waals surface area contributed by atoms with Crippen molar-refractivity contribution >= 4 is 24.0 Å². The topological polar surface area (TPSA) is 15.7 Å². The first-order valence-electron chi connectivity index (χ1n) is 7.32. The third-order valence-corrected chi connectivity index (χ3v) is 4.48. The SMILES string of the molecule is COC1C(c2ccccc2)N(C)N(C)C1c1ccccc1.I. The minimum Gasteiger partial charge on any atom is -0.377 e. The lowest BCUT2D eigenvalue weighted by Gasteiger charge is -2.27. The van der Waals surface area contributed by atoms with Crippen LogP contribution in [0.25, 0.3) is 0 Å². The van der Waals surface area contributed by atoms with Crippen molar-refractivity contribution in [3.8, 4) is 0 Å². The van der Waals surface area contributed by atoms with Crippen LogP contribution in [-0.4, -0.2) is 37.3 Å². The molecule has 1 heterocycles. The van der Waals surface area contributed by atoms with Crippen LogP contribution in [0, 0.1) is 0 Å². The van der Waals surface area contributed by atoms with Gasteiger partial charge in [0.1, 0.15) is 0 Å². The van der Waals surface area contributed by atoms with Gasteiger partial charge in [-0.05, 0) is 11.1 Å². The number of likely N-dealkylation sites (N-methyl/N-ethyl adjacent to an activating group) is 2. The van der Waals surface area contributed by atoms with E-state index < -0.39 is 0 Å². The van der Waals surface area contributed by atoms with E-state index in [-0.39, 0.29) is 42.2 Å². The Labute approximate surface area is 149 Å². The van der Waals surface area contributed by atoms with Gasteiger partial charge in [0.05, 0.1) is 18.2 Å². The van der Waals surface area contributed by atoms with E-state index in [0.29, 0.717) is 0 Å². The summed E-state index contributed by atoms with van der Waals surface area (Å²) in [6, 6.07) is 21.6. The normalized spacial score (nSPS) is 25.9. The molecule has 3 nitrogen and oxygen atoms in total. The second-order valence-corrected chi connectivity index (χ2v) is 5.56. The molecule has 1 aliphatic heterocycles. The Kier molecular flexibility index (Phi) is 5.97. The Morgan fingerprint density at radius 3 is 1.41 bits per heavy atom. The average molecular weight is 410 g/mol. The van der Waals surface area contributed by atoms with Crippen LogP contribution in [-0.2, 0) is 4.74 Å². The maximum atomic E-state index is 5.90. The summed E-state index contributed by atoms with van der Waals surface area (Å²) in [5.41, 5.74) is 2.58. The number of hydrogen-bond donors (Lipinski definition) is 0. The molecule has 4 heteroatoms. The van der Waals surface area contributed by atoms with Gasteiger partial charge in [-0.2, -0.15) is 0 Å². The lowest BCUT2D eigenvalue weighted by molar-refractivity contribution is 0.0252. The molecule has 0 spiro atoms. The number of hydrazine groups is 1. The highest BCUT2D eigenvalue weighted by atomic mass is 127. The van der Waals surface area contributed by atoms with Crippen molar-refractivity contribution in [3.63, 3.8) is 0 Å². The van der Waals surface area contributed by atoms with Gasteiger partial charge in [0.15, 0.2) is 0 Å². The van der Waals surface area contributed by atoms with Gasteiger partial charge in [-0.1, -0.05) is 60.7 Å². The van der Waals surface area contributed by atoms with Gasteiger partial charge in [-0.15, -0.1) is 24.0 Å². The molecular weight excluding hydrogens is 387 g/mol. The van der Waals surface area contributed by atoms with Crippen molar-refractivity contribution in [2.24, 2.45) is 0 Å². The summed E-state index contributed by atoms with van der Waals surface area (Å²) in [5, 5.41) is 4.56. The van der Waals surface area contributed by atoms with E-state index in [4.69, 9.17) is 4.74 Å². The van der Waals surface area contributed by atoms with E-state index in [1.54, 1.807) is 0 Å². The first-order valence-corrected chi connectivity index (χ1v) is 7.32. The molecular formula is C18H23IN2O. The molecule has 0 amide bonds. The second kappa shape index (κ2) is 7.55. The molecule has 0 aliphatic carbocycles. The number of methoxy groups -OCH3 is 1. The van der Waals surface area contributed by atoms with Crippen LogP contribution in [0.2, 0.25) is 0 Å². The summed E-state index contributed by atoms with van der Waals surface area (Å²) >= 11 is 0. The quantitative estimate of drug-likeness (QED) is 0.715. The third-order valence-electron chi connectivity index (χ3n) is 4.48. The summed E-state index contributed by atoms with van der Waals surface area (Å²) < 4.78 is 5.90. The van der Waals surface area contributed by atoms with Crippen LogP contribution >= 0.6 is 24.0 Å². The largest absolute Gasteiger partial charge is 0.377 e. The lowest BCUT2D eigenvalue weighted by atomic mass is 9.94. The fraction of sp³-hybridized carbons (Fsp3) is 0.333. The number of rotatable bonds is 3. The van der Waals surface area contributed by atoms with Gasteiger partial charge in [0.2, 0.25) is 0 Å². The van der Waals surface area contributed by atoms with Gasteiger partial charge in [-0.3, -0.25) is 0 Å². The van der Waals surface area contributed by atoms with Crippen molar-refractivity contribution < 1.29 is 4.74 Å². The molecule has 0 radical (unpaired) electrons. The van der Waals surface area contributed by atoms with Gasteiger partial charge in [0.25, 0.3) is 0 Å². The highest BCUT2D eigenvalue weighted by Gasteiger charge is 2.45. The molecule has 2 unspecified atom stereocenters. The molecule has 2 atom stereocenters. The molecule has 1 fully saturated rings. The van der Waals surface area contributed by atoms with Gasteiger partial charge in [-0.25, -0.2) is 10.0 Å². The van der Waals surface area contributed by atoms with Crippen LogP contribution in [0.1, 0.15) is 23.2 Å². The molecule has 1 aliphatic rings. The first-order chi connectivity index (χ1) is 10.2. The Balaban J connectivity index is 0.00000176. The molecule has 22 heavy (non-hydrogen) atoms. The smallest absolute Gasteiger partial charge is 0.0991 e. The fourth-order valence-corrected chi connectivity index (χ4v) is 3.36. The van der Waals surface area contributed by atoms with E-state index in [1.165, 1.54) is 11.1 Å². The highest BCUT2D eigenvalue weighted by Crippen LogP contribution is 2.43. The number of nitrogens with zero attached hydrogens (tertiary/aromatic N) is 2. The summed E-state index contributed by atoms with van der Waals surface area (Å²) in [5.74, 6) is 0. The minimum absolute atomic E-state index is 0. The fourth-order valence-electron chi connectivity index (χ4n) is 3.36. The van der Waals surface area contributed by atoms with E-state index in [2.05, 4.69) is 84.8 Å². The van der Waals surface area contributed by atoms with Crippen molar-refractivity contribution in [1.29, 1.82) is 0 Å². The van der Waals surface area contributed by atoms with E-state index in [9.17, 15) is 0 Å². The molecule has 0 N–H and O–H groups in total. The third kappa shape index (κ3) is 3.06. The van der Waals surface area contributed by atoms with Crippen LogP contribution in [0.3, 0.4) is 0 Å². The predicted octanol–water partition coefficient (Wildman–Crippen LogP) is 3.89. The van der Waals surface area contributed by atoms with Crippen LogP contribution in [0.15, 0.2) is 60.7 Å². The van der Waals surface area contributed by atoms with Crippen LogP contribution in [0.4, 0.5) is 0 Å². The lowest BCUT2D eigenvalue weighted by Crippen LogP contribution is -2.32. The molecule has 2 aromatic carbocycles. The number of benzene rings is 2. The molecule has 1 saturated heterocycles.